The van der Waals surface area contributed by atoms with Crippen LogP contribution in [0.1, 0.15) is 13.3 Å². The van der Waals surface area contributed by atoms with E-state index in [0.29, 0.717) is 0 Å². The van der Waals surface area contributed by atoms with Crippen LogP contribution in [0.2, 0.25) is 0 Å². The first-order valence-electron chi connectivity index (χ1n) is 3.14. The van der Waals surface area contributed by atoms with Crippen LogP contribution in [0.25, 0.3) is 0 Å². The van der Waals surface area contributed by atoms with E-state index in [4.69, 9.17) is 0 Å². The van der Waals surface area contributed by atoms with Gasteiger partial charge < -0.3 is 0 Å². The molecule has 0 aromatic carbocycles. The third-order valence-corrected chi connectivity index (χ3v) is 1.63. The number of allylic oxidation sites excluding steroid dienone is 3. The molecule has 8 heavy (non-hydrogen) atoms. The molecule has 0 saturated heterocycles. The van der Waals surface area contributed by atoms with Gasteiger partial charge in [0.05, 0.1) is 0 Å². The van der Waals surface area contributed by atoms with Gasteiger partial charge >= 0.3 is 0 Å². The van der Waals surface area contributed by atoms with Crippen molar-refractivity contribution in [3.63, 3.8) is 0 Å². The van der Waals surface area contributed by atoms with Gasteiger partial charge in [-0.05, 0) is 25.2 Å². The van der Waals surface area contributed by atoms with E-state index < -0.39 is 0 Å². The van der Waals surface area contributed by atoms with Gasteiger partial charge in [-0.2, -0.15) is 0 Å². The van der Waals surface area contributed by atoms with Crippen molar-refractivity contribution in [3.8, 4) is 0 Å². The van der Waals surface area contributed by atoms with Crippen LogP contribution in [0.15, 0.2) is 24.8 Å². The van der Waals surface area contributed by atoms with Crippen LogP contribution in [0.3, 0.4) is 0 Å². The Morgan fingerprint density at radius 3 is 2.62 bits per heavy atom. The number of rotatable bonds is 2. The Labute approximate surface area is 50.9 Å². The van der Waals surface area contributed by atoms with Crippen molar-refractivity contribution in [2.75, 3.05) is 0 Å². The van der Waals surface area contributed by atoms with Gasteiger partial charge in [-0.25, -0.2) is 0 Å². The van der Waals surface area contributed by atoms with Crippen molar-refractivity contribution in [2.45, 2.75) is 13.3 Å². The summed E-state index contributed by atoms with van der Waals surface area (Å²) in [5, 5.41) is 0. The van der Waals surface area contributed by atoms with Crippen LogP contribution < -0.4 is 0 Å². The van der Waals surface area contributed by atoms with Gasteiger partial charge in [0.25, 0.3) is 0 Å². The minimum atomic E-state index is 0.797. The molecule has 0 aromatic rings. The van der Waals surface area contributed by atoms with E-state index >= 15 is 0 Å². The Bertz CT molecular complexity index is 111. The maximum absolute atomic E-state index is 3.72. The lowest BCUT2D eigenvalue weighted by molar-refractivity contribution is 0.996. The average Bonchev–Trinajstić information content (AvgIpc) is 2.48. The van der Waals surface area contributed by atoms with Crippen LogP contribution >= 0.6 is 0 Å². The summed E-state index contributed by atoms with van der Waals surface area (Å²) in [6.45, 7) is 5.79. The van der Waals surface area contributed by atoms with E-state index in [9.17, 15) is 0 Å². The summed E-state index contributed by atoms with van der Waals surface area (Å²) in [7, 11) is 0. The molecule has 1 fully saturated rings. The molecule has 0 nitrogen and oxygen atoms in total. The fraction of sp³-hybridized carbons (Fsp3) is 0.500. The highest BCUT2D eigenvalue weighted by atomic mass is 14.3. The highest BCUT2D eigenvalue weighted by Gasteiger charge is 2.30. The van der Waals surface area contributed by atoms with Gasteiger partial charge in [-0.1, -0.05) is 18.2 Å². The van der Waals surface area contributed by atoms with Crippen molar-refractivity contribution < 1.29 is 0 Å². The van der Waals surface area contributed by atoms with Crippen LogP contribution in [0.4, 0.5) is 0 Å². The van der Waals surface area contributed by atoms with E-state index in [0.717, 1.165) is 11.8 Å². The maximum atomic E-state index is 3.72. The van der Waals surface area contributed by atoms with E-state index in [1.165, 1.54) is 6.42 Å². The molecule has 0 heterocycles. The minimum Gasteiger partial charge on any atom is -0.103 e. The molecule has 0 bridgehead atoms. The van der Waals surface area contributed by atoms with Crippen molar-refractivity contribution >= 4 is 0 Å². The molecule has 1 aliphatic carbocycles. The third kappa shape index (κ3) is 1.00. The first kappa shape index (κ1) is 5.61. The van der Waals surface area contributed by atoms with Gasteiger partial charge in [-0.15, -0.1) is 6.58 Å². The predicted molar refractivity (Wildman–Crippen MR) is 36.6 cm³/mol. The highest BCUT2D eigenvalue weighted by Crippen LogP contribution is 2.40. The van der Waals surface area contributed by atoms with Gasteiger partial charge in [0.15, 0.2) is 0 Å². The lowest BCUT2D eigenvalue weighted by Crippen LogP contribution is -1.67. The molecular formula is C8H12. The summed E-state index contributed by atoms with van der Waals surface area (Å²) >= 11 is 0. The fourth-order valence-electron chi connectivity index (χ4n) is 0.975. The topological polar surface area (TPSA) is 0 Å². The molecule has 0 amide bonds. The van der Waals surface area contributed by atoms with E-state index in [1.54, 1.807) is 0 Å². The zero-order chi connectivity index (χ0) is 5.98. The van der Waals surface area contributed by atoms with Crippen molar-refractivity contribution in [1.82, 2.24) is 0 Å². The minimum absolute atomic E-state index is 0.797. The van der Waals surface area contributed by atoms with Crippen LogP contribution in [0.5, 0.6) is 0 Å². The first-order chi connectivity index (χ1) is 3.88. The summed E-state index contributed by atoms with van der Waals surface area (Å²) in [5.41, 5.74) is 0. The molecule has 2 atom stereocenters. The summed E-state index contributed by atoms with van der Waals surface area (Å²) in [6.07, 6.45) is 7.75. The lowest BCUT2D eigenvalue weighted by Gasteiger charge is -1.78. The van der Waals surface area contributed by atoms with Crippen molar-refractivity contribution in [1.29, 1.82) is 0 Å². The van der Waals surface area contributed by atoms with Crippen LogP contribution in [0, 0.1) is 11.8 Å². The SMILES string of the molecule is C=C[C@H]1C[C@H]1/C=C\C. The monoisotopic (exact) mass is 108 g/mol. The van der Waals surface area contributed by atoms with Crippen LogP contribution in [-0.2, 0) is 0 Å². The second-order valence-electron chi connectivity index (χ2n) is 2.32. The zero-order valence-corrected chi connectivity index (χ0v) is 5.30. The van der Waals surface area contributed by atoms with Gasteiger partial charge in [0.1, 0.15) is 0 Å². The molecule has 44 valence electrons. The number of hydrogen-bond donors (Lipinski definition) is 0. The molecule has 0 aliphatic heterocycles. The lowest BCUT2D eigenvalue weighted by atomic mass is 10.3. The predicted octanol–water partition coefficient (Wildman–Crippen LogP) is 2.38. The fourth-order valence-corrected chi connectivity index (χ4v) is 0.975. The average molecular weight is 108 g/mol. The van der Waals surface area contributed by atoms with E-state index in [2.05, 4.69) is 25.7 Å². The molecule has 1 rings (SSSR count). The zero-order valence-electron chi connectivity index (χ0n) is 5.30. The Balaban J connectivity index is 2.26. The number of hydrogen-bond acceptors (Lipinski definition) is 0. The molecule has 0 spiro atoms. The Morgan fingerprint density at radius 2 is 2.25 bits per heavy atom. The molecule has 0 radical (unpaired) electrons. The largest absolute Gasteiger partial charge is 0.103 e. The molecule has 0 unspecified atom stereocenters. The van der Waals surface area contributed by atoms with Gasteiger partial charge in [-0.3, -0.25) is 0 Å². The standard InChI is InChI=1S/C8H12/c1-3-5-8-6-7(8)4-2/h3-5,7-8H,2,6H2,1H3/b5-3-/t7-,8+/m0/s1. The summed E-state index contributed by atoms with van der Waals surface area (Å²) in [6, 6.07) is 0. The van der Waals surface area contributed by atoms with Gasteiger partial charge in [0, 0.05) is 0 Å². The Morgan fingerprint density at radius 1 is 1.50 bits per heavy atom. The van der Waals surface area contributed by atoms with E-state index in [-0.39, 0.29) is 0 Å². The molecule has 0 N–H and O–H groups in total. The van der Waals surface area contributed by atoms with Gasteiger partial charge in [0.2, 0.25) is 0 Å². The first-order valence-corrected chi connectivity index (χ1v) is 3.14. The summed E-state index contributed by atoms with van der Waals surface area (Å²) < 4.78 is 0. The molecular weight excluding hydrogens is 96.1 g/mol. The van der Waals surface area contributed by atoms with Crippen LogP contribution in [-0.4, -0.2) is 0 Å². The molecule has 1 aliphatic rings. The van der Waals surface area contributed by atoms with E-state index in [1.807, 2.05) is 6.08 Å². The maximum Gasteiger partial charge on any atom is -0.0165 e. The van der Waals surface area contributed by atoms with Crippen molar-refractivity contribution in [2.24, 2.45) is 11.8 Å². The quantitative estimate of drug-likeness (QED) is 0.476. The smallest absolute Gasteiger partial charge is 0.0165 e. The Kier molecular flexibility index (Phi) is 1.52. The molecule has 0 heteroatoms. The third-order valence-electron chi connectivity index (χ3n) is 1.63. The Hall–Kier alpha value is -0.520. The molecule has 0 aromatic heterocycles. The van der Waals surface area contributed by atoms with Crippen molar-refractivity contribution in [3.05, 3.63) is 24.8 Å². The summed E-state index contributed by atoms with van der Waals surface area (Å²) in [4.78, 5) is 0. The summed E-state index contributed by atoms with van der Waals surface area (Å²) in [5.74, 6) is 1.63. The second-order valence-corrected chi connectivity index (χ2v) is 2.32. The normalized spacial score (nSPS) is 35.6. The highest BCUT2D eigenvalue weighted by molar-refractivity contribution is 5.07. The second kappa shape index (κ2) is 2.17. The molecule has 1 saturated carbocycles.